The Morgan fingerprint density at radius 3 is 2.82 bits per heavy atom. The summed E-state index contributed by atoms with van der Waals surface area (Å²) in [5.41, 5.74) is 2.70. The van der Waals surface area contributed by atoms with Crippen molar-refractivity contribution >= 4 is 36.2 Å². The van der Waals surface area contributed by atoms with Crippen molar-refractivity contribution in [3.63, 3.8) is 0 Å². The van der Waals surface area contributed by atoms with E-state index >= 15 is 0 Å². The Bertz CT molecular complexity index is 1130. The van der Waals surface area contributed by atoms with Gasteiger partial charge in [-0.05, 0) is 18.2 Å². The van der Waals surface area contributed by atoms with Crippen LogP contribution in [0.25, 0.3) is 22.3 Å². The van der Waals surface area contributed by atoms with Gasteiger partial charge < -0.3 is 24.6 Å². The SMILES string of the molecule is CNC(=O)N1CCO[C@H](COc2nc(-c3ccc(N(C)C)c(F)c3)cc3nccnc23)C1.S. The molecule has 0 spiro atoms. The number of hydrogen-bond donors (Lipinski definition) is 1. The number of morpholine rings is 1. The Labute approximate surface area is 198 Å². The van der Waals surface area contributed by atoms with Gasteiger partial charge in [0.05, 0.1) is 30.0 Å². The standard InChI is InChI=1S/C22H25FN6O3.H2S/c1-24-22(30)29-8-9-31-15(12-29)13-32-21-20-18(25-6-7-26-20)11-17(27-21)14-4-5-19(28(2)3)16(23)10-14;/h4-7,10-11,15H,8-9,12-13H2,1-3H3,(H,24,30);1H2/t15-;/m0./s1. The first-order valence-electron chi connectivity index (χ1n) is 10.3. The number of amides is 2. The van der Waals surface area contributed by atoms with Crippen LogP contribution in [0.3, 0.4) is 0 Å². The van der Waals surface area contributed by atoms with Gasteiger partial charge in [-0.15, -0.1) is 0 Å². The van der Waals surface area contributed by atoms with Crippen molar-refractivity contribution in [1.82, 2.24) is 25.2 Å². The van der Waals surface area contributed by atoms with Gasteiger partial charge in [-0.2, -0.15) is 13.5 Å². The quantitative estimate of drug-likeness (QED) is 0.607. The fourth-order valence-corrected chi connectivity index (χ4v) is 3.56. The molecule has 0 aliphatic carbocycles. The molecule has 2 amide bonds. The van der Waals surface area contributed by atoms with E-state index in [4.69, 9.17) is 9.47 Å². The summed E-state index contributed by atoms with van der Waals surface area (Å²) in [6.45, 7) is 1.53. The highest BCUT2D eigenvalue weighted by molar-refractivity contribution is 7.59. The molecule has 0 unspecified atom stereocenters. The zero-order valence-electron chi connectivity index (χ0n) is 18.7. The van der Waals surface area contributed by atoms with Gasteiger partial charge >= 0.3 is 6.03 Å². The molecule has 1 atom stereocenters. The summed E-state index contributed by atoms with van der Waals surface area (Å²) in [7, 11) is 5.16. The lowest BCUT2D eigenvalue weighted by molar-refractivity contribution is -0.0354. The predicted octanol–water partition coefficient (Wildman–Crippen LogP) is 2.43. The van der Waals surface area contributed by atoms with Crippen LogP contribution in [0, 0.1) is 5.82 Å². The molecule has 3 aromatic rings. The van der Waals surface area contributed by atoms with E-state index < -0.39 is 0 Å². The first-order chi connectivity index (χ1) is 15.5. The number of nitrogens with zero attached hydrogens (tertiary/aromatic N) is 5. The molecule has 1 aliphatic heterocycles. The Morgan fingerprint density at radius 2 is 2.09 bits per heavy atom. The van der Waals surface area contributed by atoms with Gasteiger partial charge in [-0.1, -0.05) is 6.07 Å². The lowest BCUT2D eigenvalue weighted by Gasteiger charge is -2.32. The van der Waals surface area contributed by atoms with Crippen molar-refractivity contribution in [2.75, 3.05) is 52.3 Å². The van der Waals surface area contributed by atoms with Crippen molar-refractivity contribution in [2.45, 2.75) is 6.10 Å². The van der Waals surface area contributed by atoms with Gasteiger partial charge in [0.25, 0.3) is 0 Å². The van der Waals surface area contributed by atoms with Gasteiger partial charge in [-0.3, -0.25) is 4.98 Å². The number of fused-ring (bicyclic) bond motifs is 1. The molecule has 1 N–H and O–H groups in total. The number of urea groups is 1. The Morgan fingerprint density at radius 1 is 1.30 bits per heavy atom. The maximum atomic E-state index is 14.5. The summed E-state index contributed by atoms with van der Waals surface area (Å²) in [5.74, 6) is -0.0655. The van der Waals surface area contributed by atoms with Crippen LogP contribution >= 0.6 is 13.5 Å². The van der Waals surface area contributed by atoms with Crippen LogP contribution in [0.2, 0.25) is 0 Å². The smallest absolute Gasteiger partial charge is 0.317 e. The molecule has 11 heteroatoms. The molecule has 0 saturated carbocycles. The van der Waals surface area contributed by atoms with Crippen LogP contribution in [0.5, 0.6) is 5.88 Å². The fraction of sp³-hybridized carbons (Fsp3) is 0.364. The number of pyridine rings is 1. The molecule has 2 aromatic heterocycles. The molecule has 0 radical (unpaired) electrons. The number of ether oxygens (including phenoxy) is 2. The van der Waals surface area contributed by atoms with Crippen molar-refractivity contribution in [1.29, 1.82) is 0 Å². The van der Waals surface area contributed by atoms with Crippen LogP contribution in [0.4, 0.5) is 14.9 Å². The normalized spacial score (nSPS) is 15.6. The third kappa shape index (κ3) is 5.42. The van der Waals surface area contributed by atoms with Crippen LogP contribution in [0.1, 0.15) is 0 Å². The summed E-state index contributed by atoms with van der Waals surface area (Å²) in [6, 6.07) is 6.55. The van der Waals surface area contributed by atoms with Gasteiger partial charge in [-0.25, -0.2) is 19.2 Å². The second-order valence-corrected chi connectivity index (χ2v) is 7.60. The Balaban J connectivity index is 0.00000306. The minimum atomic E-state index is -0.346. The number of carbonyl (C=O) groups excluding carboxylic acids is 1. The predicted molar refractivity (Wildman–Crippen MR) is 129 cm³/mol. The number of halogens is 1. The molecule has 33 heavy (non-hydrogen) atoms. The van der Waals surface area contributed by atoms with E-state index in [9.17, 15) is 9.18 Å². The van der Waals surface area contributed by atoms with E-state index in [-0.39, 0.29) is 43.9 Å². The summed E-state index contributed by atoms with van der Waals surface area (Å²) in [4.78, 5) is 28.6. The average Bonchev–Trinajstić information content (AvgIpc) is 2.81. The van der Waals surface area contributed by atoms with Gasteiger partial charge in [0.15, 0.2) is 5.52 Å². The number of carbonyl (C=O) groups is 1. The van der Waals surface area contributed by atoms with E-state index in [0.29, 0.717) is 47.7 Å². The topological polar surface area (TPSA) is 92.7 Å². The molecule has 176 valence electrons. The minimum Gasteiger partial charge on any atom is -0.473 e. The summed E-state index contributed by atoms with van der Waals surface area (Å²) in [5, 5.41) is 2.62. The zero-order chi connectivity index (χ0) is 22.7. The van der Waals surface area contributed by atoms with Crippen LogP contribution < -0.4 is 15.0 Å². The van der Waals surface area contributed by atoms with Gasteiger partial charge in [0.2, 0.25) is 5.88 Å². The largest absolute Gasteiger partial charge is 0.473 e. The van der Waals surface area contributed by atoms with Gasteiger partial charge in [0, 0.05) is 45.6 Å². The van der Waals surface area contributed by atoms with Crippen molar-refractivity contribution in [2.24, 2.45) is 0 Å². The fourth-order valence-electron chi connectivity index (χ4n) is 3.56. The molecule has 1 fully saturated rings. The number of aromatic nitrogens is 3. The highest BCUT2D eigenvalue weighted by Crippen LogP contribution is 2.29. The molecule has 1 aliphatic rings. The first-order valence-corrected chi connectivity index (χ1v) is 10.3. The lowest BCUT2D eigenvalue weighted by Crippen LogP contribution is -2.50. The first kappa shape index (κ1) is 24.5. The summed E-state index contributed by atoms with van der Waals surface area (Å²) in [6.07, 6.45) is 2.83. The summed E-state index contributed by atoms with van der Waals surface area (Å²) >= 11 is 0. The molecular formula is C22H27FN6O3S. The van der Waals surface area contributed by atoms with E-state index in [2.05, 4.69) is 20.3 Å². The van der Waals surface area contributed by atoms with Crippen LogP contribution in [0.15, 0.2) is 36.7 Å². The third-order valence-corrected chi connectivity index (χ3v) is 5.20. The average molecular weight is 475 g/mol. The number of nitrogens with one attached hydrogen (secondary N) is 1. The van der Waals surface area contributed by atoms with Crippen LogP contribution in [-0.2, 0) is 4.74 Å². The Kier molecular flexibility index (Phi) is 7.88. The minimum absolute atomic E-state index is 0. The van der Waals surface area contributed by atoms with Gasteiger partial charge in [0.1, 0.15) is 18.5 Å². The van der Waals surface area contributed by atoms with Crippen molar-refractivity contribution < 1.29 is 18.7 Å². The maximum Gasteiger partial charge on any atom is 0.317 e. The maximum absolute atomic E-state index is 14.5. The molecule has 1 saturated heterocycles. The third-order valence-electron chi connectivity index (χ3n) is 5.20. The van der Waals surface area contributed by atoms with E-state index in [1.807, 2.05) is 0 Å². The van der Waals surface area contributed by atoms with E-state index in [0.717, 1.165) is 0 Å². The lowest BCUT2D eigenvalue weighted by atomic mass is 10.1. The number of benzene rings is 1. The number of anilines is 1. The molecule has 0 bridgehead atoms. The molecule has 1 aromatic carbocycles. The molecule has 4 rings (SSSR count). The van der Waals surface area contributed by atoms with E-state index in [1.165, 1.54) is 6.07 Å². The monoisotopic (exact) mass is 474 g/mol. The zero-order valence-corrected chi connectivity index (χ0v) is 19.7. The number of hydrogen-bond acceptors (Lipinski definition) is 7. The summed E-state index contributed by atoms with van der Waals surface area (Å²) < 4.78 is 26.3. The molecule has 9 nitrogen and oxygen atoms in total. The molecule has 3 heterocycles. The van der Waals surface area contributed by atoms with E-state index in [1.54, 1.807) is 61.5 Å². The second kappa shape index (κ2) is 10.6. The molecular weight excluding hydrogens is 447 g/mol. The second-order valence-electron chi connectivity index (χ2n) is 7.60. The number of rotatable bonds is 5. The Hall–Kier alpha value is -3.18. The highest BCUT2D eigenvalue weighted by atomic mass is 32.1. The highest BCUT2D eigenvalue weighted by Gasteiger charge is 2.25. The van der Waals surface area contributed by atoms with Crippen molar-refractivity contribution in [3.05, 3.63) is 42.5 Å². The van der Waals surface area contributed by atoms with Crippen molar-refractivity contribution in [3.8, 4) is 17.1 Å². The van der Waals surface area contributed by atoms with Crippen LogP contribution in [-0.4, -0.2) is 79.4 Å².